The van der Waals surface area contributed by atoms with Crippen molar-refractivity contribution < 1.29 is 0 Å². The highest BCUT2D eigenvalue weighted by molar-refractivity contribution is 6.30. The maximum atomic E-state index is 7.67. The van der Waals surface area contributed by atoms with Gasteiger partial charge in [-0.2, -0.15) is 0 Å². The van der Waals surface area contributed by atoms with Crippen molar-refractivity contribution in [1.29, 1.82) is 10.8 Å². The van der Waals surface area contributed by atoms with Crippen LogP contribution in [0.4, 0.5) is 5.69 Å². The molecule has 0 aliphatic carbocycles. The van der Waals surface area contributed by atoms with Crippen LogP contribution in [-0.4, -0.2) is 11.7 Å². The zero-order valence-electron chi connectivity index (χ0n) is 7.91. The van der Waals surface area contributed by atoms with Crippen molar-refractivity contribution >= 4 is 17.4 Å². The molecule has 1 heterocycles. The summed E-state index contributed by atoms with van der Waals surface area (Å²) in [7, 11) is 0. The van der Waals surface area contributed by atoms with Crippen molar-refractivity contribution in [2.24, 2.45) is 0 Å². The Kier molecular flexibility index (Phi) is 1.93. The third kappa shape index (κ3) is 1.23. The van der Waals surface area contributed by atoms with Gasteiger partial charge in [-0.05, 0) is 30.7 Å². The van der Waals surface area contributed by atoms with Gasteiger partial charge in [0.1, 0.15) is 11.7 Å². The second-order valence-corrected chi connectivity index (χ2v) is 3.23. The van der Waals surface area contributed by atoms with Gasteiger partial charge < -0.3 is 0 Å². The maximum Gasteiger partial charge on any atom is 0.131 e. The van der Waals surface area contributed by atoms with Gasteiger partial charge in [0.25, 0.3) is 0 Å². The molecule has 1 aromatic rings. The summed E-state index contributed by atoms with van der Waals surface area (Å²) in [6.45, 7) is 1.98. The summed E-state index contributed by atoms with van der Waals surface area (Å²) >= 11 is 0. The standard InChI is InChI=1S/C11H11N3/c1-8-4-2-3-5-9(8)14-10(12)6-7-11(14)13/h2-7,12-13H,1H3. The fourth-order valence-electron chi connectivity index (χ4n) is 1.51. The Balaban J connectivity index is 2.46. The summed E-state index contributed by atoms with van der Waals surface area (Å²) in [5, 5.41) is 15.3. The van der Waals surface area contributed by atoms with E-state index in [1.807, 2.05) is 31.2 Å². The zero-order valence-corrected chi connectivity index (χ0v) is 7.91. The first-order valence-corrected chi connectivity index (χ1v) is 4.41. The number of aryl methyl sites for hydroxylation is 1. The lowest BCUT2D eigenvalue weighted by molar-refractivity contribution is 1.30. The molecule has 70 valence electrons. The lowest BCUT2D eigenvalue weighted by Gasteiger charge is -2.19. The smallest absolute Gasteiger partial charge is 0.131 e. The predicted molar refractivity (Wildman–Crippen MR) is 58.3 cm³/mol. The minimum absolute atomic E-state index is 0.351. The van der Waals surface area contributed by atoms with Crippen LogP contribution in [0.2, 0.25) is 0 Å². The summed E-state index contributed by atoms with van der Waals surface area (Å²) in [6.07, 6.45) is 3.27. The van der Waals surface area contributed by atoms with Crippen LogP contribution in [0.5, 0.6) is 0 Å². The highest BCUT2D eigenvalue weighted by Crippen LogP contribution is 2.22. The number of hydrogen-bond donors (Lipinski definition) is 2. The van der Waals surface area contributed by atoms with E-state index >= 15 is 0 Å². The summed E-state index contributed by atoms with van der Waals surface area (Å²) in [6, 6.07) is 7.77. The highest BCUT2D eigenvalue weighted by atomic mass is 15.2. The van der Waals surface area contributed by atoms with Gasteiger partial charge in [0.15, 0.2) is 0 Å². The molecule has 3 nitrogen and oxygen atoms in total. The first-order chi connectivity index (χ1) is 6.70. The predicted octanol–water partition coefficient (Wildman–Crippen LogP) is 2.33. The van der Waals surface area contributed by atoms with E-state index < -0.39 is 0 Å². The molecule has 0 bridgehead atoms. The average Bonchev–Trinajstić information content (AvgIpc) is 2.48. The number of benzene rings is 1. The summed E-state index contributed by atoms with van der Waals surface area (Å²) in [5.41, 5.74) is 1.98. The number of rotatable bonds is 1. The van der Waals surface area contributed by atoms with E-state index in [1.54, 1.807) is 17.1 Å². The van der Waals surface area contributed by atoms with E-state index in [0.29, 0.717) is 11.7 Å². The molecule has 0 spiro atoms. The van der Waals surface area contributed by atoms with Crippen LogP contribution < -0.4 is 4.90 Å². The Morgan fingerprint density at radius 2 is 1.57 bits per heavy atom. The molecule has 0 saturated heterocycles. The number of anilines is 1. The molecule has 1 aliphatic rings. The molecular formula is C11H11N3. The third-order valence-electron chi connectivity index (χ3n) is 2.24. The van der Waals surface area contributed by atoms with Crippen molar-refractivity contribution in [2.45, 2.75) is 6.92 Å². The van der Waals surface area contributed by atoms with Gasteiger partial charge >= 0.3 is 0 Å². The lowest BCUT2D eigenvalue weighted by atomic mass is 10.2. The first-order valence-electron chi connectivity index (χ1n) is 4.41. The van der Waals surface area contributed by atoms with Gasteiger partial charge in [0, 0.05) is 0 Å². The van der Waals surface area contributed by atoms with E-state index in [-0.39, 0.29) is 0 Å². The van der Waals surface area contributed by atoms with Crippen molar-refractivity contribution in [3.63, 3.8) is 0 Å². The Labute approximate surface area is 82.7 Å². The molecule has 14 heavy (non-hydrogen) atoms. The van der Waals surface area contributed by atoms with E-state index in [2.05, 4.69) is 0 Å². The SMILES string of the molecule is Cc1ccccc1N1C(=N)C=CC1=N. The maximum absolute atomic E-state index is 7.67. The molecular weight excluding hydrogens is 174 g/mol. The van der Waals surface area contributed by atoms with Crippen LogP contribution >= 0.6 is 0 Å². The van der Waals surface area contributed by atoms with Crippen molar-refractivity contribution in [3.8, 4) is 0 Å². The molecule has 0 atom stereocenters. The van der Waals surface area contributed by atoms with Crippen molar-refractivity contribution in [2.75, 3.05) is 4.90 Å². The van der Waals surface area contributed by atoms with Gasteiger partial charge in [0.2, 0.25) is 0 Å². The van der Waals surface area contributed by atoms with E-state index in [4.69, 9.17) is 10.8 Å². The Hall–Kier alpha value is -1.90. The minimum atomic E-state index is 0.351. The molecule has 0 saturated carbocycles. The number of hydrogen-bond acceptors (Lipinski definition) is 2. The fourth-order valence-corrected chi connectivity index (χ4v) is 1.51. The van der Waals surface area contributed by atoms with Crippen LogP contribution in [-0.2, 0) is 0 Å². The third-order valence-corrected chi connectivity index (χ3v) is 2.24. The molecule has 2 rings (SSSR count). The van der Waals surface area contributed by atoms with Crippen LogP contribution in [0.3, 0.4) is 0 Å². The van der Waals surface area contributed by atoms with Crippen LogP contribution in [0.1, 0.15) is 5.56 Å². The number of amidine groups is 2. The van der Waals surface area contributed by atoms with E-state index in [0.717, 1.165) is 11.3 Å². The molecule has 0 amide bonds. The van der Waals surface area contributed by atoms with Gasteiger partial charge in [-0.3, -0.25) is 15.7 Å². The zero-order chi connectivity index (χ0) is 10.1. The normalized spacial score (nSPS) is 15.4. The Morgan fingerprint density at radius 3 is 2.14 bits per heavy atom. The molecule has 1 aromatic carbocycles. The lowest BCUT2D eigenvalue weighted by Crippen LogP contribution is -2.29. The summed E-state index contributed by atoms with van der Waals surface area (Å²) in [5.74, 6) is 0.702. The monoisotopic (exact) mass is 185 g/mol. The number of nitrogens with zero attached hydrogens (tertiary/aromatic N) is 1. The fraction of sp³-hybridized carbons (Fsp3) is 0.0909. The molecule has 2 N–H and O–H groups in total. The Bertz CT molecular complexity index is 414. The molecule has 0 unspecified atom stereocenters. The average molecular weight is 185 g/mol. The van der Waals surface area contributed by atoms with Gasteiger partial charge in [-0.15, -0.1) is 0 Å². The number of nitrogens with one attached hydrogen (secondary N) is 2. The van der Waals surface area contributed by atoms with E-state index in [9.17, 15) is 0 Å². The molecule has 0 radical (unpaired) electrons. The van der Waals surface area contributed by atoms with Crippen LogP contribution in [0.15, 0.2) is 36.4 Å². The second-order valence-electron chi connectivity index (χ2n) is 3.23. The van der Waals surface area contributed by atoms with E-state index in [1.165, 1.54) is 0 Å². The molecule has 1 aliphatic heterocycles. The van der Waals surface area contributed by atoms with Crippen LogP contribution in [0.25, 0.3) is 0 Å². The number of para-hydroxylation sites is 1. The second kappa shape index (κ2) is 3.10. The van der Waals surface area contributed by atoms with Gasteiger partial charge in [-0.25, -0.2) is 0 Å². The quantitative estimate of drug-likeness (QED) is 0.693. The van der Waals surface area contributed by atoms with Gasteiger partial charge in [-0.1, -0.05) is 18.2 Å². The topological polar surface area (TPSA) is 50.9 Å². The summed E-state index contributed by atoms with van der Waals surface area (Å²) < 4.78 is 0. The first kappa shape index (κ1) is 8.69. The van der Waals surface area contributed by atoms with Crippen molar-refractivity contribution in [1.82, 2.24) is 0 Å². The molecule has 0 fully saturated rings. The minimum Gasteiger partial charge on any atom is -0.284 e. The highest BCUT2D eigenvalue weighted by Gasteiger charge is 2.19. The van der Waals surface area contributed by atoms with Crippen LogP contribution in [0, 0.1) is 17.7 Å². The molecule has 3 heteroatoms. The largest absolute Gasteiger partial charge is 0.284 e. The van der Waals surface area contributed by atoms with Crippen molar-refractivity contribution in [3.05, 3.63) is 42.0 Å². The Morgan fingerprint density at radius 1 is 1.00 bits per heavy atom. The summed E-state index contributed by atoms with van der Waals surface area (Å²) in [4.78, 5) is 1.62. The van der Waals surface area contributed by atoms with Gasteiger partial charge in [0.05, 0.1) is 5.69 Å². The molecule has 0 aromatic heterocycles.